The molecule has 0 saturated carbocycles. The van der Waals surface area contributed by atoms with Crippen LogP contribution in [0.25, 0.3) is 0 Å². The van der Waals surface area contributed by atoms with Gasteiger partial charge in [0.25, 0.3) is 11.5 Å². The predicted octanol–water partition coefficient (Wildman–Crippen LogP) is -0.565. The van der Waals surface area contributed by atoms with Gasteiger partial charge in [-0.2, -0.15) is 0 Å². The van der Waals surface area contributed by atoms with Crippen LogP contribution in [0.15, 0.2) is 21.8 Å². The molecule has 2 aromatic rings. The molecule has 10 nitrogen and oxygen atoms in total. The van der Waals surface area contributed by atoms with E-state index >= 15 is 0 Å². The third-order valence-electron chi connectivity index (χ3n) is 3.57. The molecule has 126 valence electrons. The van der Waals surface area contributed by atoms with E-state index < -0.39 is 35.3 Å². The second-order valence-corrected chi connectivity index (χ2v) is 5.08. The number of oxazole rings is 1. The van der Waals surface area contributed by atoms with Crippen LogP contribution in [0.4, 0.5) is 0 Å². The molecule has 1 aliphatic heterocycles. The number of fused-ring (bicyclic) bond motifs is 1. The standard InChI is InChI=1S/C14H13N3O7/c18-10(19)2-16-13(21)11-12(20)8-4-23-5-9(8)17(14(11)22)3-7-1-15-6-24-7/h1,6,20H,2-5H2,(H,16,21)(H,18,19). The molecule has 0 aromatic carbocycles. The van der Waals surface area contributed by atoms with Gasteiger partial charge >= 0.3 is 5.97 Å². The average Bonchev–Trinajstić information content (AvgIpc) is 3.20. The zero-order valence-corrected chi connectivity index (χ0v) is 12.3. The number of carboxylic acids is 1. The number of nitrogens with zero attached hydrogens (tertiary/aromatic N) is 2. The van der Waals surface area contributed by atoms with Gasteiger partial charge in [0.2, 0.25) is 0 Å². The van der Waals surface area contributed by atoms with Gasteiger partial charge in [0.05, 0.1) is 31.6 Å². The van der Waals surface area contributed by atoms with Crippen molar-refractivity contribution in [1.82, 2.24) is 14.9 Å². The van der Waals surface area contributed by atoms with Crippen LogP contribution >= 0.6 is 0 Å². The molecule has 0 spiro atoms. The van der Waals surface area contributed by atoms with Crippen LogP contribution in [0.3, 0.4) is 0 Å². The summed E-state index contributed by atoms with van der Waals surface area (Å²) in [6.45, 7) is -0.530. The summed E-state index contributed by atoms with van der Waals surface area (Å²) >= 11 is 0. The van der Waals surface area contributed by atoms with Gasteiger partial charge in [-0.1, -0.05) is 0 Å². The summed E-state index contributed by atoms with van der Waals surface area (Å²) in [5.74, 6) is -2.35. The van der Waals surface area contributed by atoms with Gasteiger partial charge in [0.15, 0.2) is 6.39 Å². The fourth-order valence-corrected chi connectivity index (χ4v) is 2.47. The summed E-state index contributed by atoms with van der Waals surface area (Å²) in [7, 11) is 0. The number of carboxylic acid groups (broad SMARTS) is 1. The smallest absolute Gasteiger partial charge is 0.322 e. The largest absolute Gasteiger partial charge is 0.506 e. The number of aliphatic carboxylic acids is 1. The fraction of sp³-hybridized carbons (Fsp3) is 0.286. The number of hydrogen-bond acceptors (Lipinski definition) is 7. The Morgan fingerprint density at radius 2 is 2.17 bits per heavy atom. The number of amides is 1. The number of hydrogen-bond donors (Lipinski definition) is 3. The molecule has 0 bridgehead atoms. The van der Waals surface area contributed by atoms with Crippen molar-refractivity contribution < 1.29 is 29.0 Å². The minimum Gasteiger partial charge on any atom is -0.506 e. The molecule has 0 atom stereocenters. The van der Waals surface area contributed by atoms with E-state index in [0.717, 1.165) is 0 Å². The summed E-state index contributed by atoms with van der Waals surface area (Å²) in [6, 6.07) is 0. The van der Waals surface area contributed by atoms with E-state index in [1.54, 1.807) is 0 Å². The van der Waals surface area contributed by atoms with Gasteiger partial charge in [-0.25, -0.2) is 4.98 Å². The lowest BCUT2D eigenvalue weighted by molar-refractivity contribution is -0.135. The molecule has 24 heavy (non-hydrogen) atoms. The van der Waals surface area contributed by atoms with E-state index in [1.807, 2.05) is 0 Å². The highest BCUT2D eigenvalue weighted by molar-refractivity contribution is 5.98. The number of ether oxygens (including phenoxy) is 1. The molecule has 0 fully saturated rings. The van der Waals surface area contributed by atoms with Gasteiger partial charge in [-0.15, -0.1) is 0 Å². The highest BCUT2D eigenvalue weighted by atomic mass is 16.5. The lowest BCUT2D eigenvalue weighted by Crippen LogP contribution is -2.37. The Bertz CT molecular complexity index is 854. The molecule has 1 aliphatic rings. The van der Waals surface area contributed by atoms with Crippen molar-refractivity contribution in [2.45, 2.75) is 19.8 Å². The van der Waals surface area contributed by atoms with E-state index in [1.165, 1.54) is 17.2 Å². The van der Waals surface area contributed by atoms with Crippen molar-refractivity contribution in [2.75, 3.05) is 6.54 Å². The van der Waals surface area contributed by atoms with Gasteiger partial charge in [-0.05, 0) is 0 Å². The Hall–Kier alpha value is -3.14. The third kappa shape index (κ3) is 2.74. The van der Waals surface area contributed by atoms with Crippen LogP contribution in [-0.4, -0.2) is 38.2 Å². The Balaban J connectivity index is 2.07. The maximum absolute atomic E-state index is 12.6. The second kappa shape index (κ2) is 6.16. The van der Waals surface area contributed by atoms with E-state index in [2.05, 4.69) is 10.3 Å². The van der Waals surface area contributed by atoms with Crippen LogP contribution in [0.2, 0.25) is 0 Å². The summed E-state index contributed by atoms with van der Waals surface area (Å²) in [5.41, 5.74) is -0.547. The molecule has 0 aliphatic carbocycles. The Morgan fingerprint density at radius 1 is 1.38 bits per heavy atom. The van der Waals surface area contributed by atoms with Crippen LogP contribution in [-0.2, 0) is 29.3 Å². The summed E-state index contributed by atoms with van der Waals surface area (Å²) in [4.78, 5) is 39.1. The van der Waals surface area contributed by atoms with Gasteiger partial charge in [0, 0.05) is 5.56 Å². The molecule has 0 saturated heterocycles. The minimum absolute atomic E-state index is 0.00399. The zero-order chi connectivity index (χ0) is 17.3. The fourth-order valence-electron chi connectivity index (χ4n) is 2.47. The maximum Gasteiger partial charge on any atom is 0.322 e. The predicted molar refractivity (Wildman–Crippen MR) is 76.4 cm³/mol. The van der Waals surface area contributed by atoms with Crippen molar-refractivity contribution in [3.8, 4) is 5.75 Å². The Kier molecular flexibility index (Phi) is 4.04. The molecular formula is C14H13N3O7. The van der Waals surface area contributed by atoms with E-state index in [-0.39, 0.29) is 19.8 Å². The number of aromatic hydroxyl groups is 1. The van der Waals surface area contributed by atoms with Gasteiger partial charge < -0.3 is 29.3 Å². The van der Waals surface area contributed by atoms with Gasteiger partial charge in [0.1, 0.15) is 23.6 Å². The van der Waals surface area contributed by atoms with Crippen LogP contribution in [0, 0.1) is 0 Å². The molecule has 0 radical (unpaired) electrons. The Labute approximate surface area is 134 Å². The number of nitrogens with one attached hydrogen (secondary N) is 1. The number of rotatable bonds is 5. The highest BCUT2D eigenvalue weighted by Crippen LogP contribution is 2.30. The zero-order valence-electron chi connectivity index (χ0n) is 12.3. The SMILES string of the molecule is O=C(O)CNC(=O)c1c(O)c2c(n(Cc3cnco3)c1=O)COC2. The molecule has 2 aromatic heterocycles. The average molecular weight is 335 g/mol. The van der Waals surface area contributed by atoms with E-state index in [0.29, 0.717) is 17.0 Å². The topological polar surface area (TPSA) is 144 Å². The molecule has 0 unspecified atom stereocenters. The van der Waals surface area contributed by atoms with E-state index in [4.69, 9.17) is 14.3 Å². The Morgan fingerprint density at radius 3 is 2.83 bits per heavy atom. The normalized spacial score (nSPS) is 12.8. The summed E-state index contributed by atoms with van der Waals surface area (Å²) in [5, 5.41) is 20.9. The van der Waals surface area contributed by atoms with Crippen LogP contribution in [0.1, 0.15) is 27.4 Å². The van der Waals surface area contributed by atoms with Crippen LogP contribution in [0.5, 0.6) is 5.75 Å². The van der Waals surface area contributed by atoms with E-state index in [9.17, 15) is 19.5 Å². The molecule has 1 amide bonds. The molecule has 10 heteroatoms. The van der Waals surface area contributed by atoms with Crippen molar-refractivity contribution in [3.63, 3.8) is 0 Å². The first kappa shape index (κ1) is 15.7. The lowest BCUT2D eigenvalue weighted by atomic mass is 10.1. The number of carbonyl (C=O) groups is 2. The first-order chi connectivity index (χ1) is 11.5. The summed E-state index contributed by atoms with van der Waals surface area (Å²) in [6.07, 6.45) is 2.63. The minimum atomic E-state index is -1.27. The maximum atomic E-state index is 12.6. The van der Waals surface area contributed by atoms with Crippen molar-refractivity contribution in [1.29, 1.82) is 0 Å². The third-order valence-corrected chi connectivity index (χ3v) is 3.57. The van der Waals surface area contributed by atoms with Crippen molar-refractivity contribution in [3.05, 3.63) is 45.5 Å². The number of carbonyl (C=O) groups excluding carboxylic acids is 1. The monoisotopic (exact) mass is 335 g/mol. The number of aromatic nitrogens is 2. The lowest BCUT2D eigenvalue weighted by Gasteiger charge is -2.14. The first-order valence-electron chi connectivity index (χ1n) is 6.91. The molecular weight excluding hydrogens is 322 g/mol. The summed E-state index contributed by atoms with van der Waals surface area (Å²) < 4.78 is 11.6. The molecule has 3 rings (SSSR count). The quantitative estimate of drug-likeness (QED) is 0.659. The van der Waals surface area contributed by atoms with Crippen molar-refractivity contribution in [2.24, 2.45) is 0 Å². The second-order valence-electron chi connectivity index (χ2n) is 5.08. The van der Waals surface area contributed by atoms with Crippen molar-refractivity contribution >= 4 is 11.9 Å². The number of pyridine rings is 1. The van der Waals surface area contributed by atoms with Gasteiger partial charge in [-0.3, -0.25) is 14.4 Å². The first-order valence-corrected chi connectivity index (χ1v) is 6.91. The highest BCUT2D eigenvalue weighted by Gasteiger charge is 2.29. The molecule has 3 heterocycles. The molecule has 3 N–H and O–H groups in total. The van der Waals surface area contributed by atoms with Crippen LogP contribution < -0.4 is 10.9 Å².